The molecule has 5 rings (SSSR count). The molecule has 5 aliphatic rings. The third-order valence-corrected chi connectivity index (χ3v) is 13.1. The number of aliphatic hydroxyl groups is 1. The van der Waals surface area contributed by atoms with Crippen molar-refractivity contribution >= 4 is 5.97 Å². The summed E-state index contributed by atoms with van der Waals surface area (Å²) in [6, 6.07) is 0. The quantitative estimate of drug-likeness (QED) is 0.419. The Labute approximate surface area is 201 Å². The molecule has 3 nitrogen and oxygen atoms in total. The molecule has 4 saturated carbocycles. The number of fused-ring (bicyclic) bond motifs is 7. The van der Waals surface area contributed by atoms with Crippen molar-refractivity contribution in [3.05, 3.63) is 23.8 Å². The van der Waals surface area contributed by atoms with Crippen LogP contribution >= 0.6 is 0 Å². The van der Waals surface area contributed by atoms with Crippen molar-refractivity contribution in [3.8, 4) is 0 Å². The number of aliphatic carboxylic acids is 1. The Morgan fingerprint density at radius 3 is 2.36 bits per heavy atom. The summed E-state index contributed by atoms with van der Waals surface area (Å²) >= 11 is 0. The molecule has 5 aliphatic carbocycles. The second kappa shape index (κ2) is 6.99. The zero-order valence-corrected chi connectivity index (χ0v) is 21.8. The zero-order chi connectivity index (χ0) is 24.2. The van der Waals surface area contributed by atoms with Gasteiger partial charge in [0.05, 0.1) is 11.5 Å². The summed E-state index contributed by atoms with van der Waals surface area (Å²) < 4.78 is 0. The molecule has 4 fully saturated rings. The Morgan fingerprint density at radius 2 is 1.70 bits per heavy atom. The average molecular weight is 455 g/mol. The molecule has 10 atom stereocenters. The second-order valence-corrected chi connectivity index (χ2v) is 14.0. The van der Waals surface area contributed by atoms with Gasteiger partial charge in [0.15, 0.2) is 0 Å². The highest BCUT2D eigenvalue weighted by Crippen LogP contribution is 2.75. The van der Waals surface area contributed by atoms with Gasteiger partial charge >= 0.3 is 5.97 Å². The number of allylic oxidation sites excluding steroid dienone is 3. The van der Waals surface area contributed by atoms with Gasteiger partial charge in [0, 0.05) is 0 Å². The molecule has 0 radical (unpaired) electrons. The van der Waals surface area contributed by atoms with E-state index in [1.807, 2.05) is 6.92 Å². The highest BCUT2D eigenvalue weighted by Gasteiger charge is 2.69. The number of hydrogen-bond donors (Lipinski definition) is 2. The number of carboxylic acids is 1. The summed E-state index contributed by atoms with van der Waals surface area (Å²) in [7, 11) is 0. The average Bonchev–Trinajstić information content (AvgIpc) is 2.75. The fourth-order valence-corrected chi connectivity index (χ4v) is 10.5. The third kappa shape index (κ3) is 2.69. The van der Waals surface area contributed by atoms with Gasteiger partial charge in [-0.15, -0.1) is 0 Å². The van der Waals surface area contributed by atoms with Crippen LogP contribution in [-0.4, -0.2) is 22.3 Å². The molecule has 33 heavy (non-hydrogen) atoms. The minimum Gasteiger partial charge on any atom is -0.481 e. The summed E-state index contributed by atoms with van der Waals surface area (Å²) in [5, 5.41) is 21.1. The van der Waals surface area contributed by atoms with Crippen LogP contribution in [0.15, 0.2) is 23.8 Å². The predicted octanol–water partition coefficient (Wildman–Crippen LogP) is 7.01. The summed E-state index contributed by atoms with van der Waals surface area (Å²) in [6.45, 7) is 18.8. The lowest BCUT2D eigenvalue weighted by Crippen LogP contribution is -2.66. The van der Waals surface area contributed by atoms with Crippen LogP contribution < -0.4 is 0 Å². The largest absolute Gasteiger partial charge is 0.481 e. The topological polar surface area (TPSA) is 57.5 Å². The van der Waals surface area contributed by atoms with Crippen molar-refractivity contribution < 1.29 is 15.0 Å². The summed E-state index contributed by atoms with van der Waals surface area (Å²) in [5.74, 6) is 0.830. The molecule has 0 amide bonds. The van der Waals surface area contributed by atoms with Crippen molar-refractivity contribution in [3.63, 3.8) is 0 Å². The van der Waals surface area contributed by atoms with Crippen molar-refractivity contribution in [1.82, 2.24) is 0 Å². The van der Waals surface area contributed by atoms with Gasteiger partial charge in [0.25, 0.3) is 0 Å². The second-order valence-electron chi connectivity index (χ2n) is 14.0. The van der Waals surface area contributed by atoms with Gasteiger partial charge in [-0.25, -0.2) is 0 Å². The summed E-state index contributed by atoms with van der Waals surface area (Å²) in [4.78, 5) is 12.5. The zero-order valence-electron chi connectivity index (χ0n) is 21.8. The first-order valence-electron chi connectivity index (χ1n) is 13.6. The van der Waals surface area contributed by atoms with Gasteiger partial charge < -0.3 is 10.2 Å². The lowest BCUT2D eigenvalue weighted by molar-refractivity contribution is -0.216. The normalized spacial score (nSPS) is 56.0. The molecule has 0 spiro atoms. The van der Waals surface area contributed by atoms with Gasteiger partial charge in [-0.1, -0.05) is 58.4 Å². The van der Waals surface area contributed by atoms with Crippen molar-refractivity contribution in [2.45, 2.75) is 105 Å². The van der Waals surface area contributed by atoms with Crippen molar-refractivity contribution in [2.75, 3.05) is 0 Å². The van der Waals surface area contributed by atoms with E-state index in [0.717, 1.165) is 25.7 Å². The molecule has 184 valence electrons. The Kier molecular flexibility index (Phi) is 5.01. The van der Waals surface area contributed by atoms with E-state index in [-0.39, 0.29) is 22.2 Å². The van der Waals surface area contributed by atoms with Gasteiger partial charge in [-0.2, -0.15) is 0 Å². The van der Waals surface area contributed by atoms with E-state index in [2.05, 4.69) is 47.3 Å². The first-order chi connectivity index (χ1) is 15.3. The molecule has 3 heteroatoms. The molecule has 4 unspecified atom stereocenters. The minimum absolute atomic E-state index is 0.0325. The van der Waals surface area contributed by atoms with Crippen LogP contribution in [0.3, 0.4) is 0 Å². The monoisotopic (exact) mass is 454 g/mol. The van der Waals surface area contributed by atoms with E-state index in [4.69, 9.17) is 0 Å². The van der Waals surface area contributed by atoms with Crippen LogP contribution in [-0.2, 0) is 4.79 Å². The van der Waals surface area contributed by atoms with Crippen LogP contribution in [0.25, 0.3) is 0 Å². The Bertz CT molecular complexity index is 920. The molecule has 0 aromatic rings. The standard InChI is InChI=1S/C30H46O3/c1-18-10-13-26(3)16-17-28(5)20(24(26)19(18)2)8-9-21-27(4)14-12-23(31)30(7,25(32)33)22(27)11-15-29(21,28)6/h8,19,21-24,31H,1,9-17H2,2-7H3,(H,32,33)/t19-,21?,22?,23-,24?,26+,27+,28+,29+,30?/m0/s1. The maximum Gasteiger partial charge on any atom is 0.312 e. The van der Waals surface area contributed by atoms with E-state index in [1.54, 1.807) is 5.57 Å². The Morgan fingerprint density at radius 1 is 1.00 bits per heavy atom. The predicted molar refractivity (Wildman–Crippen MR) is 133 cm³/mol. The number of carbonyl (C=O) groups is 1. The molecule has 0 aromatic carbocycles. The van der Waals surface area contributed by atoms with Crippen molar-refractivity contribution in [1.29, 1.82) is 0 Å². The van der Waals surface area contributed by atoms with E-state index in [1.165, 1.54) is 31.3 Å². The Balaban J connectivity index is 1.60. The van der Waals surface area contributed by atoms with Crippen LogP contribution in [0.5, 0.6) is 0 Å². The van der Waals surface area contributed by atoms with Gasteiger partial charge in [-0.3, -0.25) is 4.79 Å². The summed E-state index contributed by atoms with van der Waals surface area (Å²) in [5.41, 5.74) is 2.77. The molecule has 0 bridgehead atoms. The molecular formula is C30H46O3. The van der Waals surface area contributed by atoms with Gasteiger partial charge in [-0.05, 0) is 110 Å². The van der Waals surface area contributed by atoms with E-state index >= 15 is 0 Å². The molecular weight excluding hydrogens is 408 g/mol. The molecule has 0 aliphatic heterocycles. The third-order valence-electron chi connectivity index (χ3n) is 13.1. The van der Waals surface area contributed by atoms with Gasteiger partial charge in [0.1, 0.15) is 0 Å². The first-order valence-corrected chi connectivity index (χ1v) is 13.6. The lowest BCUT2D eigenvalue weighted by atomic mass is 9.33. The number of hydrogen-bond acceptors (Lipinski definition) is 2. The van der Waals surface area contributed by atoms with Crippen LogP contribution in [0.2, 0.25) is 0 Å². The molecule has 2 N–H and O–H groups in total. The number of rotatable bonds is 1. The fourth-order valence-electron chi connectivity index (χ4n) is 10.5. The van der Waals surface area contributed by atoms with Crippen LogP contribution in [0.1, 0.15) is 99.3 Å². The van der Waals surface area contributed by atoms with Crippen LogP contribution in [0, 0.1) is 50.7 Å². The molecule has 0 heterocycles. The minimum atomic E-state index is -1.04. The summed E-state index contributed by atoms with van der Waals surface area (Å²) in [6.07, 6.45) is 11.4. The SMILES string of the molecule is C=C1CC[C@]2(C)CC[C@]3(C)C(=CCC4[C@@]5(C)CC[C@H](O)C(C)(C(=O)O)C5CC[C@]43C)C2[C@H]1C. The fraction of sp³-hybridized carbons (Fsp3) is 0.833. The molecule has 0 saturated heterocycles. The smallest absolute Gasteiger partial charge is 0.312 e. The van der Waals surface area contributed by atoms with Crippen LogP contribution in [0.4, 0.5) is 0 Å². The Hall–Kier alpha value is -1.09. The highest BCUT2D eigenvalue weighted by molar-refractivity contribution is 5.76. The maximum absolute atomic E-state index is 12.5. The van der Waals surface area contributed by atoms with E-state index < -0.39 is 17.5 Å². The van der Waals surface area contributed by atoms with Gasteiger partial charge in [0.2, 0.25) is 0 Å². The molecule has 0 aromatic heterocycles. The van der Waals surface area contributed by atoms with E-state index in [9.17, 15) is 15.0 Å². The number of carboxylic acid groups (broad SMARTS) is 1. The lowest BCUT2D eigenvalue weighted by Gasteiger charge is -2.71. The first kappa shape index (κ1) is 23.6. The van der Waals surface area contributed by atoms with Crippen molar-refractivity contribution in [2.24, 2.45) is 50.7 Å². The number of aliphatic hydroxyl groups excluding tert-OH is 1. The van der Waals surface area contributed by atoms with E-state index in [0.29, 0.717) is 29.6 Å². The highest BCUT2D eigenvalue weighted by atomic mass is 16.4. The maximum atomic E-state index is 12.5.